The predicted molar refractivity (Wildman–Crippen MR) is 156 cm³/mol. The molecule has 0 aliphatic carbocycles. The molecule has 4 aromatic carbocycles. The summed E-state index contributed by atoms with van der Waals surface area (Å²) >= 11 is 1.38. The van der Waals surface area contributed by atoms with Crippen molar-refractivity contribution in [1.82, 2.24) is 5.32 Å². The van der Waals surface area contributed by atoms with Crippen LogP contribution in [0.2, 0.25) is 0 Å². The Morgan fingerprint density at radius 3 is 2.18 bits per heavy atom. The van der Waals surface area contributed by atoms with Gasteiger partial charge >= 0.3 is 0 Å². The number of rotatable bonds is 11. The van der Waals surface area contributed by atoms with Crippen LogP contribution in [0.25, 0.3) is 6.08 Å². The molecule has 0 saturated heterocycles. The smallest absolute Gasteiger partial charge is 0.272 e. The van der Waals surface area contributed by atoms with Crippen molar-refractivity contribution in [3.63, 3.8) is 0 Å². The Labute approximate surface area is 232 Å². The predicted octanol–water partition coefficient (Wildman–Crippen LogP) is 6.47. The zero-order valence-electron chi connectivity index (χ0n) is 21.4. The molecule has 0 aromatic heterocycles. The maximum Gasteiger partial charge on any atom is 0.272 e. The number of carbonyl (C=O) groups is 3. The van der Waals surface area contributed by atoms with Crippen LogP contribution in [0.3, 0.4) is 0 Å². The van der Waals surface area contributed by atoms with E-state index in [-0.39, 0.29) is 23.1 Å². The minimum absolute atomic E-state index is 0.00538. The maximum absolute atomic E-state index is 13.3. The van der Waals surface area contributed by atoms with Crippen LogP contribution in [-0.4, -0.2) is 30.0 Å². The van der Waals surface area contributed by atoms with Crippen molar-refractivity contribution in [1.29, 1.82) is 0 Å². The number of carbonyl (C=O) groups excluding carboxylic acids is 3. The number of hydrogen-bond acceptors (Lipinski definition) is 5. The Hall–Kier alpha value is -4.62. The fourth-order valence-electron chi connectivity index (χ4n) is 3.66. The number of benzene rings is 4. The Balaban J connectivity index is 1.44. The van der Waals surface area contributed by atoms with Crippen molar-refractivity contribution < 1.29 is 19.1 Å². The number of ether oxygens (including phenoxy) is 1. The molecule has 4 aromatic rings. The molecular weight excluding hydrogens is 508 g/mol. The van der Waals surface area contributed by atoms with Gasteiger partial charge in [-0.3, -0.25) is 14.4 Å². The van der Waals surface area contributed by atoms with Gasteiger partial charge in [-0.1, -0.05) is 54.6 Å². The summed E-state index contributed by atoms with van der Waals surface area (Å²) in [5.41, 5.74) is 2.48. The summed E-state index contributed by atoms with van der Waals surface area (Å²) in [4.78, 5) is 39.5. The van der Waals surface area contributed by atoms with Gasteiger partial charge in [-0.05, 0) is 73.2 Å². The van der Waals surface area contributed by atoms with Gasteiger partial charge in [0, 0.05) is 21.7 Å². The second-order valence-electron chi connectivity index (χ2n) is 8.44. The second kappa shape index (κ2) is 13.8. The van der Waals surface area contributed by atoms with E-state index in [0.717, 1.165) is 16.2 Å². The molecule has 0 radical (unpaired) electrons. The van der Waals surface area contributed by atoms with Crippen LogP contribution in [0.1, 0.15) is 33.2 Å². The first-order valence-corrected chi connectivity index (χ1v) is 13.4. The highest BCUT2D eigenvalue weighted by atomic mass is 32.2. The van der Waals surface area contributed by atoms with E-state index in [9.17, 15) is 14.4 Å². The SMILES string of the molecule is CCOc1ccc(C(=O)CSc2cccc(NC(=O)/C(=C/c3ccccc3)NC(=O)c3ccccc3)c2)cc1. The molecule has 0 bridgehead atoms. The zero-order chi connectivity index (χ0) is 27.5. The molecule has 0 spiro atoms. The third-order valence-electron chi connectivity index (χ3n) is 5.59. The summed E-state index contributed by atoms with van der Waals surface area (Å²) in [6.07, 6.45) is 1.63. The summed E-state index contributed by atoms with van der Waals surface area (Å²) in [6, 6.07) is 32.3. The van der Waals surface area contributed by atoms with E-state index in [1.165, 1.54) is 11.8 Å². The zero-order valence-corrected chi connectivity index (χ0v) is 22.2. The summed E-state index contributed by atoms with van der Waals surface area (Å²) in [5, 5.41) is 5.60. The van der Waals surface area contributed by atoms with Gasteiger partial charge in [0.25, 0.3) is 11.8 Å². The van der Waals surface area contributed by atoms with Gasteiger partial charge in [0.05, 0.1) is 12.4 Å². The van der Waals surface area contributed by atoms with E-state index in [4.69, 9.17) is 4.74 Å². The Bertz CT molecular complexity index is 1450. The topological polar surface area (TPSA) is 84.5 Å². The number of amides is 2. The molecule has 196 valence electrons. The molecule has 0 aliphatic heterocycles. The third-order valence-corrected chi connectivity index (χ3v) is 6.58. The Morgan fingerprint density at radius 2 is 1.49 bits per heavy atom. The maximum atomic E-state index is 13.3. The van der Waals surface area contributed by atoms with Crippen molar-refractivity contribution in [2.75, 3.05) is 17.7 Å². The molecule has 0 aliphatic rings. The van der Waals surface area contributed by atoms with Gasteiger partial charge in [-0.15, -0.1) is 11.8 Å². The van der Waals surface area contributed by atoms with Crippen LogP contribution in [0.4, 0.5) is 5.69 Å². The molecule has 2 amide bonds. The molecule has 0 heterocycles. The van der Waals surface area contributed by atoms with Gasteiger partial charge in [-0.25, -0.2) is 0 Å². The van der Waals surface area contributed by atoms with Gasteiger partial charge in [0.15, 0.2) is 5.78 Å². The lowest BCUT2D eigenvalue weighted by Crippen LogP contribution is -2.30. The molecule has 0 atom stereocenters. The Kier molecular flexibility index (Phi) is 9.69. The highest BCUT2D eigenvalue weighted by Gasteiger charge is 2.15. The number of Topliss-reactive ketones (excluding diaryl/α,β-unsaturated/α-hetero) is 1. The summed E-state index contributed by atoms with van der Waals surface area (Å²) in [7, 11) is 0. The highest BCUT2D eigenvalue weighted by molar-refractivity contribution is 8.00. The lowest BCUT2D eigenvalue weighted by molar-refractivity contribution is -0.113. The quantitative estimate of drug-likeness (QED) is 0.130. The van der Waals surface area contributed by atoms with Gasteiger partial charge in [0.1, 0.15) is 11.4 Å². The summed E-state index contributed by atoms with van der Waals surface area (Å²) in [6.45, 7) is 2.48. The molecule has 0 saturated carbocycles. The van der Waals surface area contributed by atoms with Gasteiger partial charge in [-0.2, -0.15) is 0 Å². The Morgan fingerprint density at radius 1 is 0.795 bits per heavy atom. The van der Waals surface area contributed by atoms with E-state index < -0.39 is 5.91 Å². The average Bonchev–Trinajstić information content (AvgIpc) is 2.97. The number of anilines is 1. The molecular formula is C32H28N2O4S. The van der Waals surface area contributed by atoms with Crippen LogP contribution in [0, 0.1) is 0 Å². The standard InChI is InChI=1S/C32H28N2O4S/c1-2-38-27-18-16-24(17-19-27)30(35)22-39-28-15-9-14-26(21-28)33-32(37)29(20-23-10-5-3-6-11-23)34-31(36)25-12-7-4-8-13-25/h3-21H,2,22H2,1H3,(H,33,37)(H,34,36)/b29-20-. The van der Waals surface area contributed by atoms with Gasteiger partial charge in [0.2, 0.25) is 0 Å². The molecule has 0 unspecified atom stereocenters. The third kappa shape index (κ3) is 8.18. The van der Waals surface area contributed by atoms with E-state index in [1.807, 2.05) is 55.5 Å². The average molecular weight is 537 g/mol. The lowest BCUT2D eigenvalue weighted by atomic mass is 10.1. The van der Waals surface area contributed by atoms with E-state index in [1.54, 1.807) is 66.7 Å². The summed E-state index contributed by atoms with van der Waals surface area (Å²) < 4.78 is 5.43. The van der Waals surface area contributed by atoms with Crippen LogP contribution < -0.4 is 15.4 Å². The second-order valence-corrected chi connectivity index (χ2v) is 9.49. The first-order valence-electron chi connectivity index (χ1n) is 12.5. The first kappa shape index (κ1) is 27.4. The fourth-order valence-corrected chi connectivity index (χ4v) is 4.51. The number of ketones is 1. The first-order chi connectivity index (χ1) is 19.0. The van der Waals surface area contributed by atoms with Crippen molar-refractivity contribution in [2.45, 2.75) is 11.8 Å². The van der Waals surface area contributed by atoms with Crippen LogP contribution in [0.5, 0.6) is 5.75 Å². The van der Waals surface area contributed by atoms with Crippen molar-refractivity contribution in [2.24, 2.45) is 0 Å². The van der Waals surface area contributed by atoms with E-state index in [2.05, 4.69) is 10.6 Å². The van der Waals surface area contributed by atoms with Crippen molar-refractivity contribution >= 4 is 41.1 Å². The van der Waals surface area contributed by atoms with E-state index >= 15 is 0 Å². The monoisotopic (exact) mass is 536 g/mol. The van der Waals surface area contributed by atoms with Crippen molar-refractivity contribution in [3.8, 4) is 5.75 Å². The van der Waals surface area contributed by atoms with Crippen LogP contribution in [0.15, 0.2) is 120 Å². The number of thioether (sulfide) groups is 1. The molecule has 39 heavy (non-hydrogen) atoms. The highest BCUT2D eigenvalue weighted by Crippen LogP contribution is 2.24. The van der Waals surface area contributed by atoms with E-state index in [0.29, 0.717) is 23.4 Å². The normalized spacial score (nSPS) is 10.9. The van der Waals surface area contributed by atoms with Crippen LogP contribution in [-0.2, 0) is 4.79 Å². The molecule has 2 N–H and O–H groups in total. The molecule has 4 rings (SSSR count). The summed E-state index contributed by atoms with van der Waals surface area (Å²) in [5.74, 6) is 0.123. The van der Waals surface area contributed by atoms with Crippen molar-refractivity contribution in [3.05, 3.63) is 132 Å². The van der Waals surface area contributed by atoms with Gasteiger partial charge < -0.3 is 15.4 Å². The minimum Gasteiger partial charge on any atom is -0.494 e. The minimum atomic E-state index is -0.462. The van der Waals surface area contributed by atoms with Crippen LogP contribution >= 0.6 is 11.8 Å². The molecule has 7 heteroatoms. The molecule has 0 fully saturated rings. The largest absolute Gasteiger partial charge is 0.494 e. The number of nitrogens with one attached hydrogen (secondary N) is 2. The molecule has 6 nitrogen and oxygen atoms in total. The number of hydrogen-bond donors (Lipinski definition) is 2. The lowest BCUT2D eigenvalue weighted by Gasteiger charge is -2.12. The fraction of sp³-hybridized carbons (Fsp3) is 0.0938.